The average molecular weight is 398 g/mol. The number of aromatic nitrogens is 2. The summed E-state index contributed by atoms with van der Waals surface area (Å²) in [5.41, 5.74) is 0.571. The molecule has 0 aromatic carbocycles. The number of hydrogen-bond donors (Lipinski definition) is 1. The Morgan fingerprint density at radius 3 is 2.72 bits per heavy atom. The highest BCUT2D eigenvalue weighted by molar-refractivity contribution is 5.93. The summed E-state index contributed by atoms with van der Waals surface area (Å²) in [5.74, 6) is 1.86. The zero-order valence-electron chi connectivity index (χ0n) is 16.9. The summed E-state index contributed by atoms with van der Waals surface area (Å²) in [6.45, 7) is 7.70. The van der Waals surface area contributed by atoms with Gasteiger partial charge in [-0.3, -0.25) is 9.78 Å². The third kappa shape index (κ3) is 4.41. The number of likely N-dealkylation sites (tertiary alicyclic amines) is 1. The van der Waals surface area contributed by atoms with E-state index in [0.29, 0.717) is 30.1 Å². The van der Waals surface area contributed by atoms with Crippen LogP contribution in [0, 0.1) is 17.8 Å². The summed E-state index contributed by atoms with van der Waals surface area (Å²) in [5, 5.41) is 6.76. The van der Waals surface area contributed by atoms with Crippen LogP contribution in [0.3, 0.4) is 0 Å². The molecule has 0 spiro atoms. The van der Waals surface area contributed by atoms with Crippen molar-refractivity contribution in [3.8, 4) is 11.3 Å². The maximum atomic E-state index is 12.3. The number of piperidine rings is 1. The van der Waals surface area contributed by atoms with Crippen LogP contribution in [0.25, 0.3) is 11.3 Å². The molecule has 2 fully saturated rings. The van der Waals surface area contributed by atoms with E-state index in [1.54, 1.807) is 29.4 Å². The summed E-state index contributed by atoms with van der Waals surface area (Å²) < 4.78 is 10.7. The number of amides is 2. The number of fused-ring (bicyclic) bond motifs is 1. The van der Waals surface area contributed by atoms with E-state index in [2.05, 4.69) is 15.5 Å². The van der Waals surface area contributed by atoms with Crippen LogP contribution in [0.2, 0.25) is 0 Å². The monoisotopic (exact) mass is 398 g/mol. The van der Waals surface area contributed by atoms with Gasteiger partial charge in [-0.25, -0.2) is 4.79 Å². The normalized spacial score (nSPS) is 22.9. The van der Waals surface area contributed by atoms with Crippen molar-refractivity contribution < 1.29 is 18.8 Å². The number of carbonyl (C=O) groups excluding carboxylic acids is 2. The minimum atomic E-state index is -0.467. The molecule has 8 heteroatoms. The molecule has 154 valence electrons. The Labute approximate surface area is 169 Å². The summed E-state index contributed by atoms with van der Waals surface area (Å²) >= 11 is 0. The molecule has 1 aliphatic carbocycles. The van der Waals surface area contributed by atoms with Crippen molar-refractivity contribution in [2.45, 2.75) is 32.8 Å². The summed E-state index contributed by atoms with van der Waals surface area (Å²) in [6, 6.07) is 5.27. The number of pyridine rings is 1. The highest BCUT2D eigenvalue weighted by Gasteiger charge is 2.56. The van der Waals surface area contributed by atoms with Gasteiger partial charge >= 0.3 is 6.09 Å². The van der Waals surface area contributed by atoms with Crippen LogP contribution in [0.15, 0.2) is 35.1 Å². The number of nitrogens with zero attached hydrogens (tertiary/aromatic N) is 3. The maximum absolute atomic E-state index is 12.3. The maximum Gasteiger partial charge on any atom is 0.410 e. The summed E-state index contributed by atoms with van der Waals surface area (Å²) in [6.07, 6.45) is 4.01. The van der Waals surface area contributed by atoms with E-state index in [1.807, 2.05) is 26.8 Å². The van der Waals surface area contributed by atoms with Crippen LogP contribution in [0.1, 0.15) is 37.7 Å². The Balaban J connectivity index is 1.19. The first-order valence-corrected chi connectivity index (χ1v) is 9.95. The van der Waals surface area contributed by atoms with Crippen molar-refractivity contribution in [2.75, 3.05) is 19.6 Å². The molecular weight excluding hydrogens is 372 g/mol. The molecule has 0 radical (unpaired) electrons. The molecule has 0 unspecified atom stereocenters. The second-order valence-electron chi connectivity index (χ2n) is 8.74. The van der Waals surface area contributed by atoms with Crippen LogP contribution in [0.5, 0.6) is 0 Å². The Morgan fingerprint density at radius 2 is 2.07 bits per heavy atom. The van der Waals surface area contributed by atoms with Crippen molar-refractivity contribution >= 4 is 12.0 Å². The lowest BCUT2D eigenvalue weighted by Crippen LogP contribution is -2.37. The molecule has 1 saturated heterocycles. The van der Waals surface area contributed by atoms with E-state index < -0.39 is 5.60 Å². The van der Waals surface area contributed by atoms with E-state index >= 15 is 0 Å². The van der Waals surface area contributed by atoms with Gasteiger partial charge in [-0.15, -0.1) is 0 Å². The predicted octanol–water partition coefficient (Wildman–Crippen LogP) is 2.97. The minimum absolute atomic E-state index is 0.229. The highest BCUT2D eigenvalue weighted by atomic mass is 16.6. The first-order chi connectivity index (χ1) is 13.8. The van der Waals surface area contributed by atoms with E-state index in [4.69, 9.17) is 9.26 Å². The fourth-order valence-electron chi connectivity index (χ4n) is 4.02. The predicted molar refractivity (Wildman–Crippen MR) is 105 cm³/mol. The third-order valence-corrected chi connectivity index (χ3v) is 5.48. The molecule has 3 heterocycles. The van der Waals surface area contributed by atoms with Gasteiger partial charge in [0.1, 0.15) is 5.60 Å². The van der Waals surface area contributed by atoms with Crippen molar-refractivity contribution in [3.05, 3.63) is 36.3 Å². The second kappa shape index (κ2) is 7.50. The van der Waals surface area contributed by atoms with Gasteiger partial charge < -0.3 is 19.5 Å². The smallest absolute Gasteiger partial charge is 0.410 e. The van der Waals surface area contributed by atoms with E-state index in [0.717, 1.165) is 25.1 Å². The van der Waals surface area contributed by atoms with Gasteiger partial charge in [0.05, 0.1) is 0 Å². The fraction of sp³-hybridized carbons (Fsp3) is 0.524. The van der Waals surface area contributed by atoms with Gasteiger partial charge in [-0.1, -0.05) is 5.16 Å². The molecule has 1 aliphatic heterocycles. The van der Waals surface area contributed by atoms with Gasteiger partial charge in [0.15, 0.2) is 11.5 Å². The summed E-state index contributed by atoms with van der Waals surface area (Å²) in [7, 11) is 0. The molecule has 2 amide bonds. The van der Waals surface area contributed by atoms with Gasteiger partial charge in [-0.2, -0.15) is 0 Å². The van der Waals surface area contributed by atoms with Crippen LogP contribution < -0.4 is 5.32 Å². The number of rotatable bonds is 5. The zero-order valence-corrected chi connectivity index (χ0v) is 16.9. The lowest BCUT2D eigenvalue weighted by Gasteiger charge is -2.25. The number of carbonyl (C=O) groups is 2. The molecule has 29 heavy (non-hydrogen) atoms. The second-order valence-corrected chi connectivity index (χ2v) is 8.74. The largest absolute Gasteiger partial charge is 0.444 e. The molecule has 1 N–H and O–H groups in total. The average Bonchev–Trinajstić information content (AvgIpc) is 3.09. The van der Waals surface area contributed by atoms with Crippen molar-refractivity contribution in [1.29, 1.82) is 0 Å². The first kappa shape index (κ1) is 19.4. The van der Waals surface area contributed by atoms with Crippen LogP contribution in [-0.2, 0) is 4.74 Å². The Morgan fingerprint density at radius 1 is 1.31 bits per heavy atom. The van der Waals surface area contributed by atoms with E-state index in [-0.39, 0.29) is 17.7 Å². The summed E-state index contributed by atoms with van der Waals surface area (Å²) in [4.78, 5) is 30.2. The molecule has 0 bridgehead atoms. The van der Waals surface area contributed by atoms with E-state index in [1.165, 1.54) is 0 Å². The molecule has 2 aromatic heterocycles. The van der Waals surface area contributed by atoms with Crippen LogP contribution in [-0.4, -0.2) is 52.3 Å². The van der Waals surface area contributed by atoms with Crippen molar-refractivity contribution in [3.63, 3.8) is 0 Å². The Hall–Kier alpha value is -2.90. The molecule has 8 nitrogen and oxygen atoms in total. The molecule has 2 aliphatic rings. The highest BCUT2D eigenvalue weighted by Crippen LogP contribution is 2.53. The van der Waals surface area contributed by atoms with Gasteiger partial charge in [0, 0.05) is 43.7 Å². The van der Waals surface area contributed by atoms with Gasteiger partial charge in [0.2, 0.25) is 0 Å². The third-order valence-electron chi connectivity index (χ3n) is 5.48. The zero-order chi connectivity index (χ0) is 20.6. The lowest BCUT2D eigenvalue weighted by atomic mass is 10.2. The number of ether oxygens (including phenoxy) is 1. The standard InChI is InChI=1S/C21H26N4O4/c1-21(2,3)28-20(27)25-11-15-14(16(15)12-25)6-8-23-19(26)17-9-18(29-24-17)13-5-4-7-22-10-13/h4-5,7,9-10,14-16H,6,8,11-12H2,1-3H3,(H,23,26)/t14-,15-,16+. The fourth-order valence-corrected chi connectivity index (χ4v) is 4.02. The van der Waals surface area contributed by atoms with Crippen LogP contribution >= 0.6 is 0 Å². The molecular formula is C21H26N4O4. The SMILES string of the molecule is CC(C)(C)OC(=O)N1C[C@@H]2[C@@H](CCNC(=O)c3cc(-c4cccnc4)on3)[C@@H]2C1. The Kier molecular flexibility index (Phi) is 5.02. The first-order valence-electron chi connectivity index (χ1n) is 9.95. The molecule has 1 saturated carbocycles. The van der Waals surface area contributed by atoms with E-state index in [9.17, 15) is 9.59 Å². The Bertz CT molecular complexity index is 878. The quantitative estimate of drug-likeness (QED) is 0.832. The molecule has 3 atom stereocenters. The topological polar surface area (TPSA) is 97.6 Å². The van der Waals surface area contributed by atoms with Gasteiger partial charge in [0.25, 0.3) is 5.91 Å². The van der Waals surface area contributed by atoms with Crippen LogP contribution in [0.4, 0.5) is 4.79 Å². The van der Waals surface area contributed by atoms with Crippen molar-refractivity contribution in [2.24, 2.45) is 17.8 Å². The van der Waals surface area contributed by atoms with Gasteiger partial charge in [-0.05, 0) is 57.1 Å². The minimum Gasteiger partial charge on any atom is -0.444 e. The molecule has 2 aromatic rings. The lowest BCUT2D eigenvalue weighted by molar-refractivity contribution is 0.0265. The number of hydrogen-bond acceptors (Lipinski definition) is 6. The number of nitrogens with one attached hydrogen (secondary N) is 1. The molecule has 4 rings (SSSR count). The van der Waals surface area contributed by atoms with Crippen molar-refractivity contribution in [1.82, 2.24) is 20.4 Å².